The summed E-state index contributed by atoms with van der Waals surface area (Å²) < 4.78 is 7.49. The second-order valence-corrected chi connectivity index (χ2v) is 4.23. The van der Waals surface area contributed by atoms with Crippen molar-refractivity contribution in [3.05, 3.63) is 12.2 Å². The first-order chi connectivity index (χ1) is 8.19. The van der Waals surface area contributed by atoms with Gasteiger partial charge in [0.2, 0.25) is 0 Å². The Labute approximate surface area is 104 Å². The monoisotopic (exact) mass is 240 g/mol. The molecule has 2 unspecified atom stereocenters. The third-order valence-electron chi connectivity index (χ3n) is 2.86. The first kappa shape index (κ1) is 14.1. The van der Waals surface area contributed by atoms with Gasteiger partial charge in [-0.2, -0.15) is 5.10 Å². The SMILES string of the molecule is CCCNC(Cc1ncnn1C)C(C)OCC. The highest BCUT2D eigenvalue weighted by Crippen LogP contribution is 2.06. The van der Waals surface area contributed by atoms with E-state index in [2.05, 4.69) is 29.2 Å². The Bertz CT molecular complexity index is 313. The summed E-state index contributed by atoms with van der Waals surface area (Å²) in [6.07, 6.45) is 3.74. The van der Waals surface area contributed by atoms with E-state index in [9.17, 15) is 0 Å². The van der Waals surface area contributed by atoms with Crippen molar-refractivity contribution in [1.82, 2.24) is 20.1 Å². The first-order valence-electron chi connectivity index (χ1n) is 6.36. The second kappa shape index (κ2) is 7.40. The minimum Gasteiger partial charge on any atom is -0.377 e. The predicted molar refractivity (Wildman–Crippen MR) is 67.9 cm³/mol. The van der Waals surface area contributed by atoms with Gasteiger partial charge in [0.15, 0.2) is 0 Å². The Balaban J connectivity index is 2.59. The van der Waals surface area contributed by atoms with Crippen LogP contribution in [0, 0.1) is 0 Å². The Morgan fingerprint density at radius 3 is 2.76 bits per heavy atom. The smallest absolute Gasteiger partial charge is 0.138 e. The fourth-order valence-electron chi connectivity index (χ4n) is 1.81. The van der Waals surface area contributed by atoms with E-state index in [0.29, 0.717) is 0 Å². The molecule has 0 fully saturated rings. The zero-order valence-corrected chi connectivity index (χ0v) is 11.3. The Morgan fingerprint density at radius 1 is 1.47 bits per heavy atom. The molecule has 5 heteroatoms. The lowest BCUT2D eigenvalue weighted by Gasteiger charge is -2.24. The van der Waals surface area contributed by atoms with Crippen LogP contribution in [-0.2, 0) is 18.2 Å². The molecule has 5 nitrogen and oxygen atoms in total. The summed E-state index contributed by atoms with van der Waals surface area (Å²) in [6, 6.07) is 0.290. The summed E-state index contributed by atoms with van der Waals surface area (Å²) >= 11 is 0. The van der Waals surface area contributed by atoms with Crippen molar-refractivity contribution in [1.29, 1.82) is 0 Å². The van der Waals surface area contributed by atoms with Crippen LogP contribution in [0.4, 0.5) is 0 Å². The highest BCUT2D eigenvalue weighted by atomic mass is 16.5. The molecular formula is C12H24N4O. The maximum atomic E-state index is 5.67. The molecule has 1 rings (SSSR count). The van der Waals surface area contributed by atoms with Crippen LogP contribution >= 0.6 is 0 Å². The van der Waals surface area contributed by atoms with E-state index < -0.39 is 0 Å². The molecule has 1 aromatic heterocycles. The van der Waals surface area contributed by atoms with Crippen LogP contribution in [0.15, 0.2) is 6.33 Å². The summed E-state index contributed by atoms with van der Waals surface area (Å²) in [5, 5.41) is 7.61. The molecule has 0 aromatic carbocycles. The van der Waals surface area contributed by atoms with E-state index in [0.717, 1.165) is 31.8 Å². The normalized spacial score (nSPS) is 14.8. The molecule has 1 N–H and O–H groups in total. The van der Waals surface area contributed by atoms with Crippen molar-refractivity contribution in [2.24, 2.45) is 7.05 Å². The molecule has 0 spiro atoms. The highest BCUT2D eigenvalue weighted by molar-refractivity contribution is 4.91. The molecule has 0 aliphatic carbocycles. The van der Waals surface area contributed by atoms with Crippen molar-refractivity contribution in [3.63, 3.8) is 0 Å². The zero-order chi connectivity index (χ0) is 12.7. The van der Waals surface area contributed by atoms with Crippen molar-refractivity contribution in [2.75, 3.05) is 13.2 Å². The van der Waals surface area contributed by atoms with Gasteiger partial charge in [0.25, 0.3) is 0 Å². The summed E-state index contributed by atoms with van der Waals surface area (Å²) in [4.78, 5) is 4.26. The quantitative estimate of drug-likeness (QED) is 0.740. The number of nitrogens with one attached hydrogen (secondary N) is 1. The number of hydrogen-bond acceptors (Lipinski definition) is 4. The van der Waals surface area contributed by atoms with Crippen LogP contribution in [0.5, 0.6) is 0 Å². The Kier molecular flexibility index (Phi) is 6.15. The van der Waals surface area contributed by atoms with E-state index in [4.69, 9.17) is 4.74 Å². The van der Waals surface area contributed by atoms with Gasteiger partial charge < -0.3 is 10.1 Å². The van der Waals surface area contributed by atoms with Crippen LogP contribution in [-0.4, -0.2) is 40.1 Å². The predicted octanol–water partition coefficient (Wildman–Crippen LogP) is 1.15. The van der Waals surface area contributed by atoms with Crippen LogP contribution < -0.4 is 5.32 Å². The van der Waals surface area contributed by atoms with Crippen LogP contribution in [0.3, 0.4) is 0 Å². The molecule has 0 saturated heterocycles. The molecule has 1 heterocycles. The number of rotatable bonds is 8. The van der Waals surface area contributed by atoms with Gasteiger partial charge >= 0.3 is 0 Å². The minimum absolute atomic E-state index is 0.184. The largest absolute Gasteiger partial charge is 0.377 e. The lowest BCUT2D eigenvalue weighted by molar-refractivity contribution is 0.0469. The van der Waals surface area contributed by atoms with Gasteiger partial charge in [-0.1, -0.05) is 6.92 Å². The summed E-state index contributed by atoms with van der Waals surface area (Å²) in [6.45, 7) is 8.03. The van der Waals surface area contributed by atoms with Gasteiger partial charge in [-0.3, -0.25) is 4.68 Å². The maximum absolute atomic E-state index is 5.67. The van der Waals surface area contributed by atoms with Gasteiger partial charge in [-0.25, -0.2) is 4.98 Å². The van der Waals surface area contributed by atoms with Crippen molar-refractivity contribution in [3.8, 4) is 0 Å². The number of ether oxygens (including phenoxy) is 1. The average Bonchev–Trinajstić information content (AvgIpc) is 2.70. The molecule has 0 aliphatic rings. The number of aryl methyl sites for hydroxylation is 1. The van der Waals surface area contributed by atoms with Crippen molar-refractivity contribution >= 4 is 0 Å². The van der Waals surface area contributed by atoms with Crippen LogP contribution in [0.2, 0.25) is 0 Å². The molecule has 1 aromatic rings. The standard InChI is InChI=1S/C12H24N4O/c1-5-7-13-11(10(3)17-6-2)8-12-14-9-15-16(12)4/h9-11,13H,5-8H2,1-4H3. The third-order valence-corrected chi connectivity index (χ3v) is 2.86. The van der Waals surface area contributed by atoms with E-state index in [1.165, 1.54) is 0 Å². The molecule has 0 saturated carbocycles. The highest BCUT2D eigenvalue weighted by Gasteiger charge is 2.19. The van der Waals surface area contributed by atoms with Gasteiger partial charge in [-0.15, -0.1) is 0 Å². The summed E-state index contributed by atoms with van der Waals surface area (Å²) in [5.74, 6) is 0.991. The second-order valence-electron chi connectivity index (χ2n) is 4.23. The maximum Gasteiger partial charge on any atom is 0.138 e. The molecule has 0 aliphatic heterocycles. The average molecular weight is 240 g/mol. The molecule has 0 amide bonds. The minimum atomic E-state index is 0.184. The zero-order valence-electron chi connectivity index (χ0n) is 11.3. The molecule has 0 radical (unpaired) electrons. The lowest BCUT2D eigenvalue weighted by Crippen LogP contribution is -2.42. The topological polar surface area (TPSA) is 52.0 Å². The number of nitrogens with zero attached hydrogens (tertiary/aromatic N) is 3. The van der Waals surface area contributed by atoms with E-state index >= 15 is 0 Å². The number of hydrogen-bond donors (Lipinski definition) is 1. The van der Waals surface area contributed by atoms with E-state index in [-0.39, 0.29) is 12.1 Å². The third kappa shape index (κ3) is 4.44. The molecule has 0 bridgehead atoms. The van der Waals surface area contributed by atoms with Gasteiger partial charge in [-0.05, 0) is 26.8 Å². The molecule has 17 heavy (non-hydrogen) atoms. The first-order valence-corrected chi connectivity index (χ1v) is 6.36. The van der Waals surface area contributed by atoms with Crippen molar-refractivity contribution < 1.29 is 4.74 Å². The lowest BCUT2D eigenvalue weighted by atomic mass is 10.1. The van der Waals surface area contributed by atoms with Gasteiger partial charge in [0, 0.05) is 26.1 Å². The van der Waals surface area contributed by atoms with E-state index in [1.807, 2.05) is 18.7 Å². The fraction of sp³-hybridized carbons (Fsp3) is 0.833. The van der Waals surface area contributed by atoms with Crippen LogP contribution in [0.25, 0.3) is 0 Å². The van der Waals surface area contributed by atoms with Crippen molar-refractivity contribution in [2.45, 2.75) is 45.8 Å². The summed E-state index contributed by atoms with van der Waals surface area (Å²) in [7, 11) is 1.92. The van der Waals surface area contributed by atoms with Crippen LogP contribution in [0.1, 0.15) is 33.0 Å². The molecular weight excluding hydrogens is 216 g/mol. The fourth-order valence-corrected chi connectivity index (χ4v) is 1.81. The molecule has 98 valence electrons. The number of aromatic nitrogens is 3. The Hall–Kier alpha value is -0.940. The molecule has 2 atom stereocenters. The van der Waals surface area contributed by atoms with Gasteiger partial charge in [0.05, 0.1) is 6.10 Å². The summed E-state index contributed by atoms with van der Waals surface area (Å²) in [5.41, 5.74) is 0. The van der Waals surface area contributed by atoms with E-state index in [1.54, 1.807) is 6.33 Å². The Morgan fingerprint density at radius 2 is 2.24 bits per heavy atom. The van der Waals surface area contributed by atoms with Gasteiger partial charge in [0.1, 0.15) is 12.2 Å².